The standard InChI is InChI=1S/C15H19NO2/c17-14-13(11-7-3-1-4-8-11)16(15(14)18)12-9-5-2-6-10-12/h2,5-6,9-11,13-14,17H,1,3-4,7-8H2/t13-,14+/m0/s1. The third-order valence-corrected chi connectivity index (χ3v) is 4.28. The molecular formula is C15H19NO2. The van der Waals surface area contributed by atoms with E-state index in [1.54, 1.807) is 4.90 Å². The molecule has 3 nitrogen and oxygen atoms in total. The van der Waals surface area contributed by atoms with Gasteiger partial charge < -0.3 is 10.0 Å². The molecule has 96 valence electrons. The van der Waals surface area contributed by atoms with Gasteiger partial charge in [0.05, 0.1) is 6.04 Å². The zero-order chi connectivity index (χ0) is 12.5. The number of nitrogens with zero attached hydrogens (tertiary/aromatic N) is 1. The van der Waals surface area contributed by atoms with Gasteiger partial charge in [-0.3, -0.25) is 4.79 Å². The van der Waals surface area contributed by atoms with Gasteiger partial charge in [0.15, 0.2) is 6.10 Å². The van der Waals surface area contributed by atoms with Crippen LogP contribution >= 0.6 is 0 Å². The molecule has 2 fully saturated rings. The first-order valence-electron chi connectivity index (χ1n) is 6.85. The van der Waals surface area contributed by atoms with E-state index in [4.69, 9.17) is 0 Å². The number of carbonyl (C=O) groups is 1. The number of anilines is 1. The Balaban J connectivity index is 1.82. The van der Waals surface area contributed by atoms with Crippen LogP contribution in [0.4, 0.5) is 5.69 Å². The molecule has 0 aromatic heterocycles. The second-order valence-electron chi connectivity index (χ2n) is 5.38. The highest BCUT2D eigenvalue weighted by atomic mass is 16.3. The Morgan fingerprint density at radius 1 is 1.06 bits per heavy atom. The summed E-state index contributed by atoms with van der Waals surface area (Å²) in [4.78, 5) is 13.7. The Hall–Kier alpha value is -1.35. The minimum atomic E-state index is -0.784. The molecule has 1 aromatic carbocycles. The smallest absolute Gasteiger partial charge is 0.258 e. The lowest BCUT2D eigenvalue weighted by molar-refractivity contribution is -0.139. The average Bonchev–Trinajstić information content (AvgIpc) is 2.45. The molecule has 1 aromatic rings. The molecule has 2 aliphatic rings. The highest BCUT2D eigenvalue weighted by Crippen LogP contribution is 2.38. The van der Waals surface area contributed by atoms with Gasteiger partial charge in [0.1, 0.15) is 0 Å². The molecule has 18 heavy (non-hydrogen) atoms. The lowest BCUT2D eigenvalue weighted by atomic mass is 9.76. The van der Waals surface area contributed by atoms with Gasteiger partial charge >= 0.3 is 0 Å². The number of hydrogen-bond acceptors (Lipinski definition) is 2. The van der Waals surface area contributed by atoms with E-state index < -0.39 is 6.10 Å². The van der Waals surface area contributed by atoms with E-state index >= 15 is 0 Å². The molecule has 0 bridgehead atoms. The molecule has 0 radical (unpaired) electrons. The maximum Gasteiger partial charge on any atom is 0.258 e. The maximum atomic E-state index is 11.9. The molecule has 2 atom stereocenters. The molecule has 1 aliphatic heterocycles. The van der Waals surface area contributed by atoms with E-state index in [2.05, 4.69) is 0 Å². The number of para-hydroxylation sites is 1. The average molecular weight is 245 g/mol. The predicted molar refractivity (Wildman–Crippen MR) is 70.3 cm³/mol. The van der Waals surface area contributed by atoms with Crippen LogP contribution in [-0.2, 0) is 4.79 Å². The van der Waals surface area contributed by atoms with Crippen molar-refractivity contribution in [3.63, 3.8) is 0 Å². The fraction of sp³-hybridized carbons (Fsp3) is 0.533. The van der Waals surface area contributed by atoms with Gasteiger partial charge in [-0.15, -0.1) is 0 Å². The summed E-state index contributed by atoms with van der Waals surface area (Å²) in [6, 6.07) is 9.70. The fourth-order valence-electron chi connectivity index (χ4n) is 3.33. The zero-order valence-corrected chi connectivity index (χ0v) is 10.5. The lowest BCUT2D eigenvalue weighted by Gasteiger charge is -2.49. The van der Waals surface area contributed by atoms with E-state index in [1.165, 1.54) is 19.3 Å². The summed E-state index contributed by atoms with van der Waals surface area (Å²) in [5.41, 5.74) is 0.920. The summed E-state index contributed by atoms with van der Waals surface area (Å²) in [5, 5.41) is 9.97. The van der Waals surface area contributed by atoms with Gasteiger partial charge in [-0.05, 0) is 30.9 Å². The molecule has 1 saturated heterocycles. The fourth-order valence-corrected chi connectivity index (χ4v) is 3.33. The van der Waals surface area contributed by atoms with Gasteiger partial charge in [-0.2, -0.15) is 0 Å². The SMILES string of the molecule is O=C1[C@H](O)[C@H](C2CCCCC2)N1c1ccccc1. The van der Waals surface area contributed by atoms with Crippen LogP contribution in [0.3, 0.4) is 0 Å². The number of hydrogen-bond donors (Lipinski definition) is 1. The van der Waals surface area contributed by atoms with Crippen LogP contribution in [0.5, 0.6) is 0 Å². The number of benzene rings is 1. The first-order valence-corrected chi connectivity index (χ1v) is 6.85. The Kier molecular flexibility index (Phi) is 3.08. The quantitative estimate of drug-likeness (QED) is 0.812. The highest BCUT2D eigenvalue weighted by molar-refractivity contribution is 6.04. The predicted octanol–water partition coefficient (Wildman–Crippen LogP) is 2.34. The summed E-state index contributed by atoms with van der Waals surface area (Å²) in [6.45, 7) is 0. The van der Waals surface area contributed by atoms with Crippen molar-refractivity contribution in [2.24, 2.45) is 5.92 Å². The number of aliphatic hydroxyl groups is 1. The van der Waals surface area contributed by atoms with Gasteiger partial charge in [0, 0.05) is 5.69 Å². The van der Waals surface area contributed by atoms with E-state index in [-0.39, 0.29) is 11.9 Å². The summed E-state index contributed by atoms with van der Waals surface area (Å²) in [6.07, 6.45) is 5.23. The van der Waals surface area contributed by atoms with Crippen molar-refractivity contribution in [1.29, 1.82) is 0 Å². The van der Waals surface area contributed by atoms with Crippen molar-refractivity contribution >= 4 is 11.6 Å². The van der Waals surface area contributed by atoms with Crippen LogP contribution in [-0.4, -0.2) is 23.2 Å². The first kappa shape index (κ1) is 11.7. The third-order valence-electron chi connectivity index (χ3n) is 4.28. The van der Waals surface area contributed by atoms with Crippen molar-refractivity contribution < 1.29 is 9.90 Å². The first-order chi connectivity index (χ1) is 8.79. The summed E-state index contributed by atoms with van der Waals surface area (Å²) in [7, 11) is 0. The zero-order valence-electron chi connectivity index (χ0n) is 10.5. The molecule has 3 rings (SSSR count). The topological polar surface area (TPSA) is 40.5 Å². The monoisotopic (exact) mass is 245 g/mol. The normalized spacial score (nSPS) is 29.2. The Labute approximate surface area is 107 Å². The van der Waals surface area contributed by atoms with Gasteiger partial charge in [-0.25, -0.2) is 0 Å². The van der Waals surface area contributed by atoms with E-state index in [0.29, 0.717) is 5.92 Å². The second-order valence-corrected chi connectivity index (χ2v) is 5.38. The molecule has 1 saturated carbocycles. The third kappa shape index (κ3) is 1.83. The number of aliphatic hydroxyl groups excluding tert-OH is 1. The van der Waals surface area contributed by atoms with Crippen LogP contribution in [0.2, 0.25) is 0 Å². The summed E-state index contributed by atoms with van der Waals surface area (Å²) >= 11 is 0. The van der Waals surface area contributed by atoms with Crippen LogP contribution in [0, 0.1) is 5.92 Å². The van der Waals surface area contributed by atoms with Crippen molar-refractivity contribution in [1.82, 2.24) is 0 Å². The summed E-state index contributed by atoms with van der Waals surface area (Å²) in [5.74, 6) is 0.323. The number of amides is 1. The molecule has 3 heteroatoms. The molecule has 1 aliphatic carbocycles. The van der Waals surface area contributed by atoms with E-state index in [9.17, 15) is 9.90 Å². The number of β-lactam (4-membered cyclic amide) rings is 1. The van der Waals surface area contributed by atoms with E-state index in [0.717, 1.165) is 18.5 Å². The van der Waals surface area contributed by atoms with Crippen LogP contribution in [0.25, 0.3) is 0 Å². The highest BCUT2D eigenvalue weighted by Gasteiger charge is 2.50. The molecule has 1 amide bonds. The molecule has 0 spiro atoms. The minimum absolute atomic E-state index is 0.000185. The van der Waals surface area contributed by atoms with Gasteiger partial charge in [0.25, 0.3) is 5.91 Å². The van der Waals surface area contributed by atoms with Crippen LogP contribution in [0.15, 0.2) is 30.3 Å². The molecule has 1 N–H and O–H groups in total. The van der Waals surface area contributed by atoms with Crippen molar-refractivity contribution in [2.75, 3.05) is 4.90 Å². The van der Waals surface area contributed by atoms with Gasteiger partial charge in [0.2, 0.25) is 0 Å². The molecule has 0 unspecified atom stereocenters. The lowest BCUT2D eigenvalue weighted by Crippen LogP contribution is -2.68. The minimum Gasteiger partial charge on any atom is -0.381 e. The van der Waals surface area contributed by atoms with E-state index in [1.807, 2.05) is 30.3 Å². The summed E-state index contributed by atoms with van der Waals surface area (Å²) < 4.78 is 0. The largest absolute Gasteiger partial charge is 0.381 e. The maximum absolute atomic E-state index is 11.9. The van der Waals surface area contributed by atoms with Crippen LogP contribution < -0.4 is 4.90 Å². The number of rotatable bonds is 2. The van der Waals surface area contributed by atoms with Crippen molar-refractivity contribution in [3.8, 4) is 0 Å². The van der Waals surface area contributed by atoms with Crippen LogP contribution in [0.1, 0.15) is 32.1 Å². The Morgan fingerprint density at radius 3 is 2.39 bits per heavy atom. The Morgan fingerprint density at radius 2 is 1.72 bits per heavy atom. The van der Waals surface area contributed by atoms with Crippen molar-refractivity contribution in [3.05, 3.63) is 30.3 Å². The van der Waals surface area contributed by atoms with Crippen molar-refractivity contribution in [2.45, 2.75) is 44.2 Å². The molecular weight excluding hydrogens is 226 g/mol. The second kappa shape index (κ2) is 4.73. The Bertz CT molecular complexity index is 425. The molecule has 1 heterocycles. The van der Waals surface area contributed by atoms with Gasteiger partial charge in [-0.1, -0.05) is 37.5 Å². The number of carbonyl (C=O) groups excluding carboxylic acids is 1.